The number of rotatable bonds is 11. The minimum absolute atomic E-state index is 0.102. The van der Waals surface area contributed by atoms with E-state index in [1.165, 1.54) is 12.8 Å². The van der Waals surface area contributed by atoms with E-state index in [2.05, 4.69) is 42.0 Å². The molecule has 0 radical (unpaired) electrons. The predicted molar refractivity (Wildman–Crippen MR) is 122 cm³/mol. The molecular weight excluding hydrogens is 380 g/mol. The lowest BCUT2D eigenvalue weighted by Crippen LogP contribution is -2.42. The normalized spacial score (nSPS) is 17.6. The minimum Gasteiger partial charge on any atom is -0.493 e. The first-order chi connectivity index (χ1) is 14.4. The van der Waals surface area contributed by atoms with Crippen LogP contribution in [0.25, 0.3) is 0 Å². The van der Waals surface area contributed by atoms with E-state index in [1.54, 1.807) is 14.2 Å². The molecule has 0 aliphatic carbocycles. The lowest BCUT2D eigenvalue weighted by Gasteiger charge is -2.34. The van der Waals surface area contributed by atoms with Crippen LogP contribution in [0.1, 0.15) is 51.6 Å². The van der Waals surface area contributed by atoms with Crippen molar-refractivity contribution in [2.45, 2.75) is 52.1 Å². The van der Waals surface area contributed by atoms with Crippen molar-refractivity contribution >= 4 is 5.96 Å². The zero-order valence-corrected chi connectivity index (χ0v) is 19.3. The Labute approximate surface area is 182 Å². The van der Waals surface area contributed by atoms with Crippen LogP contribution in [0.5, 0.6) is 11.5 Å². The molecule has 7 nitrogen and oxygen atoms in total. The van der Waals surface area contributed by atoms with Gasteiger partial charge in [-0.3, -0.25) is 9.89 Å². The van der Waals surface area contributed by atoms with Crippen molar-refractivity contribution in [1.82, 2.24) is 10.2 Å². The molecule has 0 aromatic heterocycles. The van der Waals surface area contributed by atoms with Gasteiger partial charge in [-0.15, -0.1) is 0 Å². The highest BCUT2D eigenvalue weighted by atomic mass is 16.5. The van der Waals surface area contributed by atoms with Gasteiger partial charge in [0.25, 0.3) is 0 Å². The van der Waals surface area contributed by atoms with Gasteiger partial charge >= 0.3 is 0 Å². The summed E-state index contributed by atoms with van der Waals surface area (Å²) in [5.74, 6) is 2.69. The van der Waals surface area contributed by atoms with E-state index in [0.29, 0.717) is 18.5 Å². The second-order valence-corrected chi connectivity index (χ2v) is 8.37. The van der Waals surface area contributed by atoms with Crippen molar-refractivity contribution in [3.8, 4) is 11.5 Å². The van der Waals surface area contributed by atoms with E-state index in [1.807, 2.05) is 12.1 Å². The van der Waals surface area contributed by atoms with Crippen LogP contribution in [0.2, 0.25) is 0 Å². The van der Waals surface area contributed by atoms with Crippen molar-refractivity contribution in [3.63, 3.8) is 0 Å². The molecule has 0 saturated carbocycles. The molecule has 30 heavy (non-hydrogen) atoms. The first-order valence-corrected chi connectivity index (χ1v) is 11.0. The summed E-state index contributed by atoms with van der Waals surface area (Å²) in [6.07, 6.45) is 3.53. The largest absolute Gasteiger partial charge is 0.493 e. The molecule has 2 atom stereocenters. The standard InChI is InChI=1S/C23H40N4O3/c1-17(2)7-6-8-18(3)26-23(24)25-16-20(27-11-13-30-14-12-27)19-9-10-21(28-4)22(15-19)29-5/h9-10,15,17-18,20H,6-8,11-14,16H2,1-5H3,(H3,24,25,26). The molecule has 1 aromatic carbocycles. The van der Waals surface area contributed by atoms with Crippen molar-refractivity contribution in [3.05, 3.63) is 23.8 Å². The number of methoxy groups -OCH3 is 2. The third kappa shape index (κ3) is 7.69. The predicted octanol–water partition coefficient (Wildman–Crippen LogP) is 3.20. The highest BCUT2D eigenvalue weighted by molar-refractivity contribution is 5.78. The molecule has 7 heteroatoms. The molecule has 1 fully saturated rings. The summed E-state index contributed by atoms with van der Waals surface area (Å²) in [4.78, 5) is 7.08. The average molecular weight is 421 g/mol. The number of morpholine rings is 1. The molecule has 1 saturated heterocycles. The molecule has 2 rings (SSSR count). The van der Waals surface area contributed by atoms with Crippen molar-refractivity contribution in [2.75, 3.05) is 47.1 Å². The fourth-order valence-corrected chi connectivity index (χ4v) is 3.77. The number of aliphatic imine (C=N–C) groups is 1. The molecule has 1 heterocycles. The molecule has 3 N–H and O–H groups in total. The van der Waals surface area contributed by atoms with E-state index >= 15 is 0 Å². The topological polar surface area (TPSA) is 81.3 Å². The van der Waals surface area contributed by atoms with Gasteiger partial charge in [-0.2, -0.15) is 0 Å². The van der Waals surface area contributed by atoms with Crippen molar-refractivity contribution in [1.29, 1.82) is 0 Å². The first kappa shape index (κ1) is 24.3. The summed E-state index contributed by atoms with van der Waals surface area (Å²) >= 11 is 0. The van der Waals surface area contributed by atoms with Crippen LogP contribution in [0.15, 0.2) is 23.2 Å². The maximum Gasteiger partial charge on any atom is 0.188 e. The Morgan fingerprint density at radius 1 is 1.13 bits per heavy atom. The van der Waals surface area contributed by atoms with Gasteiger partial charge in [-0.1, -0.05) is 32.8 Å². The lowest BCUT2D eigenvalue weighted by molar-refractivity contribution is 0.0179. The van der Waals surface area contributed by atoms with Crippen LogP contribution in [0.4, 0.5) is 0 Å². The number of guanidine groups is 1. The molecule has 0 amide bonds. The van der Waals surface area contributed by atoms with Gasteiger partial charge in [-0.05, 0) is 37.0 Å². The smallest absolute Gasteiger partial charge is 0.188 e. The number of nitrogens with two attached hydrogens (primary N) is 1. The van der Waals surface area contributed by atoms with E-state index < -0.39 is 0 Å². The fraction of sp³-hybridized carbons (Fsp3) is 0.696. The summed E-state index contributed by atoms with van der Waals surface area (Å²) in [6, 6.07) is 6.48. The van der Waals surface area contributed by atoms with Gasteiger partial charge in [0, 0.05) is 19.1 Å². The fourth-order valence-electron chi connectivity index (χ4n) is 3.77. The second kappa shape index (κ2) is 12.6. The second-order valence-electron chi connectivity index (χ2n) is 8.37. The summed E-state index contributed by atoms with van der Waals surface area (Å²) in [5, 5.41) is 3.34. The van der Waals surface area contributed by atoms with Crippen LogP contribution in [-0.2, 0) is 4.74 Å². The van der Waals surface area contributed by atoms with Crippen LogP contribution >= 0.6 is 0 Å². The maximum atomic E-state index is 6.21. The average Bonchev–Trinajstić information content (AvgIpc) is 2.74. The highest BCUT2D eigenvalue weighted by Crippen LogP contribution is 2.32. The number of nitrogens with zero attached hydrogens (tertiary/aromatic N) is 2. The monoisotopic (exact) mass is 420 g/mol. The van der Waals surface area contributed by atoms with Gasteiger partial charge in [0.15, 0.2) is 17.5 Å². The SMILES string of the molecule is COc1ccc(C(CN=C(N)NC(C)CCCC(C)C)N2CCOCC2)cc1OC. The van der Waals surface area contributed by atoms with Crippen LogP contribution in [-0.4, -0.2) is 64.0 Å². The zero-order chi connectivity index (χ0) is 21.9. The van der Waals surface area contributed by atoms with E-state index in [0.717, 1.165) is 55.7 Å². The molecule has 1 aliphatic rings. The Balaban J connectivity index is 2.07. The van der Waals surface area contributed by atoms with Crippen LogP contribution in [0.3, 0.4) is 0 Å². The summed E-state index contributed by atoms with van der Waals surface area (Å²) in [5.41, 5.74) is 7.35. The van der Waals surface area contributed by atoms with Gasteiger partial charge in [0.05, 0.1) is 40.0 Å². The molecule has 170 valence electrons. The van der Waals surface area contributed by atoms with Crippen molar-refractivity contribution < 1.29 is 14.2 Å². The first-order valence-electron chi connectivity index (χ1n) is 11.0. The summed E-state index contributed by atoms with van der Waals surface area (Å²) in [6.45, 7) is 10.5. The highest BCUT2D eigenvalue weighted by Gasteiger charge is 2.24. The molecule has 1 aliphatic heterocycles. The lowest BCUT2D eigenvalue weighted by atomic mass is 10.0. The zero-order valence-electron chi connectivity index (χ0n) is 19.3. The van der Waals surface area contributed by atoms with E-state index in [9.17, 15) is 0 Å². The van der Waals surface area contributed by atoms with Gasteiger partial charge in [0.2, 0.25) is 0 Å². The molecule has 1 aromatic rings. The maximum absolute atomic E-state index is 6.21. The van der Waals surface area contributed by atoms with Crippen LogP contribution < -0.4 is 20.5 Å². The Kier molecular flexibility index (Phi) is 10.2. The number of nitrogens with one attached hydrogen (secondary N) is 1. The number of benzene rings is 1. The van der Waals surface area contributed by atoms with E-state index in [4.69, 9.17) is 19.9 Å². The molecule has 0 spiro atoms. The van der Waals surface area contributed by atoms with Gasteiger partial charge in [0.1, 0.15) is 0 Å². The number of ether oxygens (including phenoxy) is 3. The Hall–Kier alpha value is -1.99. The molecule has 0 bridgehead atoms. The third-order valence-corrected chi connectivity index (χ3v) is 5.53. The number of hydrogen-bond donors (Lipinski definition) is 2. The van der Waals surface area contributed by atoms with Gasteiger partial charge < -0.3 is 25.3 Å². The minimum atomic E-state index is 0.102. The Bertz CT molecular complexity index is 660. The summed E-state index contributed by atoms with van der Waals surface area (Å²) in [7, 11) is 3.31. The van der Waals surface area contributed by atoms with Crippen LogP contribution in [0, 0.1) is 5.92 Å². The molecule has 2 unspecified atom stereocenters. The van der Waals surface area contributed by atoms with E-state index in [-0.39, 0.29) is 6.04 Å². The molecular formula is C23H40N4O3. The van der Waals surface area contributed by atoms with Crippen molar-refractivity contribution in [2.24, 2.45) is 16.6 Å². The summed E-state index contributed by atoms with van der Waals surface area (Å²) < 4.78 is 16.4. The van der Waals surface area contributed by atoms with Gasteiger partial charge in [-0.25, -0.2) is 0 Å². The Morgan fingerprint density at radius 3 is 2.47 bits per heavy atom. The quantitative estimate of drug-likeness (QED) is 0.423. The number of hydrogen-bond acceptors (Lipinski definition) is 5. The third-order valence-electron chi connectivity index (χ3n) is 5.53. The Morgan fingerprint density at radius 2 is 1.83 bits per heavy atom.